The van der Waals surface area contributed by atoms with Crippen LogP contribution in [0.25, 0.3) is 27.5 Å². The molecule has 5 rings (SSSR count). The largest absolute Gasteiger partial charge is 0.497 e. The third kappa shape index (κ3) is 3.68. The highest BCUT2D eigenvalue weighted by Crippen LogP contribution is 2.46. The first-order valence-electron chi connectivity index (χ1n) is 9.97. The Bertz CT molecular complexity index is 1310. The lowest BCUT2D eigenvalue weighted by Crippen LogP contribution is -2.07. The van der Waals surface area contributed by atoms with Gasteiger partial charge >= 0.3 is 0 Å². The normalized spacial score (nSPS) is 13.5. The lowest BCUT2D eigenvalue weighted by Gasteiger charge is -2.20. The lowest BCUT2D eigenvalue weighted by molar-refractivity contribution is 0.104. The first-order chi connectivity index (χ1) is 15.1. The summed E-state index contributed by atoms with van der Waals surface area (Å²) in [7, 11) is 1.66. The highest BCUT2D eigenvalue weighted by atomic mass is 32.2. The van der Waals surface area contributed by atoms with E-state index in [1.165, 1.54) is 11.8 Å². The topological polar surface area (TPSA) is 44.1 Å². The van der Waals surface area contributed by atoms with Crippen molar-refractivity contribution in [2.24, 2.45) is 0 Å². The Hall–Kier alpha value is -3.57. The van der Waals surface area contributed by atoms with Gasteiger partial charge in [-0.05, 0) is 31.2 Å². The van der Waals surface area contributed by atoms with Crippen LogP contribution in [0.3, 0.4) is 0 Å². The Morgan fingerprint density at radius 3 is 2.52 bits per heavy atom. The SMILES string of the molecule is COc1ccc2c(c1)-c1cc(-c3ccccc3)nn1/C(=C/C(=O)c1ccc(C)cc1)S2. The number of ether oxygens (including phenoxy) is 1. The summed E-state index contributed by atoms with van der Waals surface area (Å²) < 4.78 is 7.30. The summed E-state index contributed by atoms with van der Waals surface area (Å²) >= 11 is 1.54. The number of allylic oxidation sites excluding steroid dienone is 1. The van der Waals surface area contributed by atoms with Gasteiger partial charge in [-0.3, -0.25) is 4.79 Å². The van der Waals surface area contributed by atoms with Gasteiger partial charge in [0.1, 0.15) is 10.8 Å². The number of hydrogen-bond acceptors (Lipinski definition) is 4. The number of aryl methyl sites for hydroxylation is 1. The van der Waals surface area contributed by atoms with E-state index in [4.69, 9.17) is 9.84 Å². The van der Waals surface area contributed by atoms with Gasteiger partial charge in [-0.1, -0.05) is 71.9 Å². The van der Waals surface area contributed by atoms with Crippen molar-refractivity contribution in [3.05, 3.63) is 96.1 Å². The molecule has 0 saturated heterocycles. The zero-order chi connectivity index (χ0) is 21.4. The van der Waals surface area contributed by atoms with E-state index in [1.807, 2.05) is 84.4 Å². The fourth-order valence-electron chi connectivity index (χ4n) is 3.58. The van der Waals surface area contributed by atoms with Gasteiger partial charge in [0.2, 0.25) is 0 Å². The quantitative estimate of drug-likeness (QED) is 0.284. The summed E-state index contributed by atoms with van der Waals surface area (Å²) in [5.74, 6) is 0.749. The number of methoxy groups -OCH3 is 1. The van der Waals surface area contributed by atoms with Crippen molar-refractivity contribution in [2.45, 2.75) is 11.8 Å². The molecule has 0 radical (unpaired) electrons. The fourth-order valence-corrected chi connectivity index (χ4v) is 4.60. The van der Waals surface area contributed by atoms with Crippen LogP contribution < -0.4 is 4.74 Å². The van der Waals surface area contributed by atoms with E-state index in [9.17, 15) is 4.79 Å². The molecule has 0 N–H and O–H groups in total. The molecule has 4 aromatic rings. The van der Waals surface area contributed by atoms with E-state index in [0.29, 0.717) is 5.56 Å². The molecule has 152 valence electrons. The molecule has 1 aliphatic heterocycles. The summed E-state index contributed by atoms with van der Waals surface area (Å²) in [5, 5.41) is 5.63. The number of thioether (sulfide) groups is 1. The van der Waals surface area contributed by atoms with Gasteiger partial charge in [0, 0.05) is 27.7 Å². The van der Waals surface area contributed by atoms with Crippen molar-refractivity contribution in [1.82, 2.24) is 9.78 Å². The lowest BCUT2D eigenvalue weighted by atomic mass is 10.1. The Morgan fingerprint density at radius 2 is 1.77 bits per heavy atom. The summed E-state index contributed by atoms with van der Waals surface area (Å²) in [5.41, 5.74) is 5.66. The van der Waals surface area contributed by atoms with Crippen LogP contribution in [0.2, 0.25) is 0 Å². The van der Waals surface area contributed by atoms with Crippen LogP contribution in [-0.4, -0.2) is 22.7 Å². The van der Waals surface area contributed by atoms with Crippen LogP contribution in [0.1, 0.15) is 15.9 Å². The van der Waals surface area contributed by atoms with Gasteiger partial charge in [-0.25, -0.2) is 4.68 Å². The molecular formula is C26H20N2O2S. The average Bonchev–Trinajstić information content (AvgIpc) is 3.26. The number of carbonyl (C=O) groups is 1. The van der Waals surface area contributed by atoms with Gasteiger partial charge in [0.25, 0.3) is 0 Å². The minimum atomic E-state index is -0.0397. The van der Waals surface area contributed by atoms with Crippen molar-refractivity contribution in [2.75, 3.05) is 7.11 Å². The van der Waals surface area contributed by atoms with Gasteiger partial charge < -0.3 is 4.74 Å². The molecule has 31 heavy (non-hydrogen) atoms. The van der Waals surface area contributed by atoms with Crippen molar-refractivity contribution in [3.63, 3.8) is 0 Å². The Balaban J connectivity index is 1.64. The molecule has 0 amide bonds. The monoisotopic (exact) mass is 424 g/mol. The van der Waals surface area contributed by atoms with Crippen molar-refractivity contribution < 1.29 is 9.53 Å². The molecule has 5 heteroatoms. The number of carbonyl (C=O) groups excluding carboxylic acids is 1. The van der Waals surface area contributed by atoms with E-state index in [2.05, 4.69) is 6.07 Å². The predicted molar refractivity (Wildman–Crippen MR) is 125 cm³/mol. The van der Waals surface area contributed by atoms with Crippen molar-refractivity contribution in [1.29, 1.82) is 0 Å². The maximum absolute atomic E-state index is 13.0. The Morgan fingerprint density at radius 1 is 1.00 bits per heavy atom. The fraction of sp³-hybridized carbons (Fsp3) is 0.0769. The highest BCUT2D eigenvalue weighted by molar-refractivity contribution is 8.08. The predicted octanol–water partition coefficient (Wildman–Crippen LogP) is 6.32. The number of benzene rings is 3. The van der Waals surface area contributed by atoms with Crippen LogP contribution in [0.4, 0.5) is 0 Å². The van der Waals surface area contributed by atoms with Gasteiger partial charge in [0.15, 0.2) is 5.78 Å². The zero-order valence-electron chi connectivity index (χ0n) is 17.2. The molecule has 1 aliphatic rings. The number of nitrogens with zero attached hydrogens (tertiary/aromatic N) is 2. The van der Waals surface area contributed by atoms with Crippen LogP contribution in [0, 0.1) is 6.92 Å². The number of aromatic nitrogens is 2. The summed E-state index contributed by atoms with van der Waals surface area (Å²) in [4.78, 5) is 14.0. The standard InChI is InChI=1S/C26H20N2O2S/c1-17-8-10-19(11-9-17)24(29)16-26-28-23(15-22(27-28)18-6-4-3-5-7-18)21-14-20(30-2)12-13-25(21)31-26/h3-16H,1-2H3/b26-16-. The van der Waals surface area contributed by atoms with E-state index in [1.54, 1.807) is 13.2 Å². The van der Waals surface area contributed by atoms with E-state index >= 15 is 0 Å². The minimum Gasteiger partial charge on any atom is -0.497 e. The second-order valence-corrected chi connectivity index (χ2v) is 8.43. The van der Waals surface area contributed by atoms with Crippen molar-refractivity contribution in [3.8, 4) is 28.3 Å². The molecular weight excluding hydrogens is 404 g/mol. The highest BCUT2D eigenvalue weighted by Gasteiger charge is 2.25. The molecule has 0 spiro atoms. The second kappa shape index (κ2) is 7.93. The van der Waals surface area contributed by atoms with Crippen LogP contribution in [0.15, 0.2) is 89.8 Å². The third-order valence-corrected chi connectivity index (χ3v) is 6.33. The summed E-state index contributed by atoms with van der Waals surface area (Å²) in [6.07, 6.45) is 1.67. The van der Waals surface area contributed by atoms with Crippen LogP contribution >= 0.6 is 11.8 Å². The molecule has 2 heterocycles. The van der Waals surface area contributed by atoms with Gasteiger partial charge in [-0.2, -0.15) is 5.10 Å². The molecule has 0 unspecified atom stereocenters. The first kappa shape index (κ1) is 19.4. The second-order valence-electron chi connectivity index (χ2n) is 7.37. The Labute approximate surface area is 185 Å². The minimum absolute atomic E-state index is 0.0397. The molecule has 0 aliphatic carbocycles. The summed E-state index contributed by atoms with van der Waals surface area (Å²) in [6.45, 7) is 2.01. The third-order valence-electron chi connectivity index (χ3n) is 5.26. The van der Waals surface area contributed by atoms with Gasteiger partial charge in [0.05, 0.1) is 18.5 Å². The number of ketones is 1. The number of fused-ring (bicyclic) bond motifs is 3. The molecule has 0 saturated carbocycles. The van der Waals surface area contributed by atoms with Crippen LogP contribution in [-0.2, 0) is 0 Å². The molecule has 0 fully saturated rings. The smallest absolute Gasteiger partial charge is 0.188 e. The molecule has 0 atom stereocenters. The maximum Gasteiger partial charge on any atom is 0.188 e. The molecule has 1 aromatic heterocycles. The number of hydrogen-bond donors (Lipinski definition) is 0. The van der Waals surface area contributed by atoms with Gasteiger partial charge in [-0.15, -0.1) is 0 Å². The summed E-state index contributed by atoms with van der Waals surface area (Å²) in [6, 6.07) is 25.7. The Kier molecular flexibility index (Phi) is 4.96. The average molecular weight is 425 g/mol. The van der Waals surface area contributed by atoms with E-state index in [-0.39, 0.29) is 5.78 Å². The van der Waals surface area contributed by atoms with E-state index < -0.39 is 0 Å². The zero-order valence-corrected chi connectivity index (χ0v) is 18.0. The number of rotatable bonds is 4. The molecule has 4 nitrogen and oxygen atoms in total. The molecule has 3 aromatic carbocycles. The molecule has 0 bridgehead atoms. The maximum atomic E-state index is 13.0. The van der Waals surface area contributed by atoms with Crippen LogP contribution in [0.5, 0.6) is 5.75 Å². The van der Waals surface area contributed by atoms with E-state index in [0.717, 1.165) is 43.8 Å². The van der Waals surface area contributed by atoms with Crippen molar-refractivity contribution >= 4 is 22.6 Å². The first-order valence-corrected chi connectivity index (χ1v) is 10.8.